The van der Waals surface area contributed by atoms with Crippen LogP contribution in [0.1, 0.15) is 36.3 Å². The van der Waals surface area contributed by atoms with E-state index in [1.807, 2.05) is 0 Å². The topological polar surface area (TPSA) is 40.5 Å². The predicted molar refractivity (Wildman–Crippen MR) is 96.1 cm³/mol. The number of benzene rings is 2. The van der Waals surface area contributed by atoms with Crippen molar-refractivity contribution in [1.29, 1.82) is 0 Å². The normalized spacial score (nSPS) is 16.4. The molecule has 3 heteroatoms. The Balaban J connectivity index is 1.64. The number of carboxylic acid groups (broad SMARTS) is 1. The molecule has 1 saturated heterocycles. The second-order valence-electron chi connectivity index (χ2n) is 6.62. The van der Waals surface area contributed by atoms with Crippen LogP contribution < -0.4 is 0 Å². The lowest BCUT2D eigenvalue weighted by atomic mass is 9.88. The maximum Gasteiger partial charge on any atom is 0.306 e. The standard InChI is InChI=1S/C21H25NO2/c23-21(24)19-11-14-22(15-12-19)16-13-20(17-7-3-1-4-8-17)18-9-5-2-6-10-18/h1-10,19-20H,11-16H2,(H,23,24). The molecule has 1 N–H and O–H groups in total. The van der Waals surface area contributed by atoms with Gasteiger partial charge in [0.2, 0.25) is 0 Å². The van der Waals surface area contributed by atoms with Crippen LogP contribution in [0, 0.1) is 5.92 Å². The summed E-state index contributed by atoms with van der Waals surface area (Å²) in [5, 5.41) is 9.12. The van der Waals surface area contributed by atoms with Gasteiger partial charge in [-0.1, -0.05) is 60.7 Å². The summed E-state index contributed by atoms with van der Waals surface area (Å²) in [6.07, 6.45) is 2.61. The van der Waals surface area contributed by atoms with Gasteiger partial charge in [0.05, 0.1) is 5.92 Å². The molecule has 0 amide bonds. The van der Waals surface area contributed by atoms with Crippen molar-refractivity contribution in [2.24, 2.45) is 5.92 Å². The average Bonchev–Trinajstić information content (AvgIpc) is 2.64. The van der Waals surface area contributed by atoms with Gasteiger partial charge in [0.1, 0.15) is 0 Å². The molecule has 3 nitrogen and oxygen atoms in total. The Hall–Kier alpha value is -2.13. The number of carbonyl (C=O) groups is 1. The summed E-state index contributed by atoms with van der Waals surface area (Å²) in [4.78, 5) is 13.5. The molecular weight excluding hydrogens is 298 g/mol. The Labute approximate surface area is 143 Å². The average molecular weight is 323 g/mol. The third-order valence-corrected chi connectivity index (χ3v) is 5.07. The summed E-state index contributed by atoms with van der Waals surface area (Å²) in [7, 11) is 0. The summed E-state index contributed by atoms with van der Waals surface area (Å²) < 4.78 is 0. The van der Waals surface area contributed by atoms with E-state index in [0.29, 0.717) is 5.92 Å². The van der Waals surface area contributed by atoms with Crippen LogP contribution in [0.3, 0.4) is 0 Å². The Bertz CT molecular complexity index is 594. The molecular formula is C21H25NO2. The lowest BCUT2D eigenvalue weighted by Gasteiger charge is -2.31. The second kappa shape index (κ2) is 8.11. The van der Waals surface area contributed by atoms with Crippen LogP contribution in [0.5, 0.6) is 0 Å². The molecule has 0 aromatic heterocycles. The highest BCUT2D eigenvalue weighted by Crippen LogP contribution is 2.29. The quantitative estimate of drug-likeness (QED) is 0.873. The molecule has 0 radical (unpaired) electrons. The summed E-state index contributed by atoms with van der Waals surface area (Å²) in [6, 6.07) is 21.3. The molecule has 0 aliphatic carbocycles. The molecule has 0 unspecified atom stereocenters. The fourth-order valence-electron chi connectivity index (χ4n) is 3.61. The smallest absolute Gasteiger partial charge is 0.306 e. The first-order chi connectivity index (χ1) is 11.7. The molecule has 3 rings (SSSR count). The molecule has 0 bridgehead atoms. The van der Waals surface area contributed by atoms with E-state index in [2.05, 4.69) is 65.6 Å². The molecule has 0 atom stereocenters. The van der Waals surface area contributed by atoms with Crippen LogP contribution in [0.15, 0.2) is 60.7 Å². The van der Waals surface area contributed by atoms with Gasteiger partial charge >= 0.3 is 5.97 Å². The van der Waals surface area contributed by atoms with Crippen molar-refractivity contribution in [3.8, 4) is 0 Å². The largest absolute Gasteiger partial charge is 0.481 e. The fraction of sp³-hybridized carbons (Fsp3) is 0.381. The summed E-state index contributed by atoms with van der Waals surface area (Å²) in [5.74, 6) is -0.397. The van der Waals surface area contributed by atoms with E-state index in [0.717, 1.165) is 38.9 Å². The van der Waals surface area contributed by atoms with Crippen LogP contribution >= 0.6 is 0 Å². The van der Waals surface area contributed by atoms with Gasteiger partial charge in [0, 0.05) is 5.92 Å². The molecule has 0 spiro atoms. The Kier molecular flexibility index (Phi) is 5.65. The number of piperidine rings is 1. The van der Waals surface area contributed by atoms with Crippen molar-refractivity contribution in [3.63, 3.8) is 0 Å². The monoisotopic (exact) mass is 323 g/mol. The molecule has 1 fully saturated rings. The van der Waals surface area contributed by atoms with E-state index in [4.69, 9.17) is 5.11 Å². The van der Waals surface area contributed by atoms with E-state index in [-0.39, 0.29) is 5.92 Å². The van der Waals surface area contributed by atoms with Crippen LogP contribution in [0.2, 0.25) is 0 Å². The van der Waals surface area contributed by atoms with Crippen molar-refractivity contribution in [2.45, 2.75) is 25.2 Å². The zero-order valence-corrected chi connectivity index (χ0v) is 14.0. The number of hydrogen-bond acceptors (Lipinski definition) is 2. The van der Waals surface area contributed by atoms with Gasteiger partial charge in [-0.05, 0) is 50.0 Å². The minimum absolute atomic E-state index is 0.153. The van der Waals surface area contributed by atoms with Crippen LogP contribution in [0.4, 0.5) is 0 Å². The molecule has 2 aromatic rings. The van der Waals surface area contributed by atoms with Crippen LogP contribution in [0.25, 0.3) is 0 Å². The molecule has 1 aliphatic heterocycles. The molecule has 126 valence electrons. The Morgan fingerprint density at radius 1 is 0.958 bits per heavy atom. The highest BCUT2D eigenvalue weighted by atomic mass is 16.4. The highest BCUT2D eigenvalue weighted by Gasteiger charge is 2.25. The van der Waals surface area contributed by atoms with Crippen molar-refractivity contribution in [1.82, 2.24) is 4.90 Å². The summed E-state index contributed by atoms with van der Waals surface area (Å²) >= 11 is 0. The second-order valence-corrected chi connectivity index (χ2v) is 6.62. The predicted octanol–water partition coefficient (Wildman–Crippen LogP) is 4.01. The minimum atomic E-state index is -0.638. The van der Waals surface area contributed by atoms with Crippen molar-refractivity contribution < 1.29 is 9.90 Å². The third kappa shape index (κ3) is 4.24. The van der Waals surface area contributed by atoms with Gasteiger partial charge in [-0.3, -0.25) is 4.79 Å². The first kappa shape index (κ1) is 16.7. The zero-order valence-electron chi connectivity index (χ0n) is 14.0. The number of aliphatic carboxylic acids is 1. The van der Waals surface area contributed by atoms with E-state index >= 15 is 0 Å². The van der Waals surface area contributed by atoms with Gasteiger partial charge in [0.15, 0.2) is 0 Å². The van der Waals surface area contributed by atoms with Crippen molar-refractivity contribution in [3.05, 3.63) is 71.8 Å². The van der Waals surface area contributed by atoms with Gasteiger partial charge < -0.3 is 10.0 Å². The Morgan fingerprint density at radius 2 is 1.46 bits per heavy atom. The number of hydrogen-bond donors (Lipinski definition) is 1. The molecule has 1 heterocycles. The number of likely N-dealkylation sites (tertiary alicyclic amines) is 1. The minimum Gasteiger partial charge on any atom is -0.481 e. The summed E-state index contributed by atoms with van der Waals surface area (Å²) in [6.45, 7) is 2.81. The van der Waals surface area contributed by atoms with E-state index in [9.17, 15) is 4.79 Å². The number of nitrogens with zero attached hydrogens (tertiary/aromatic N) is 1. The van der Waals surface area contributed by atoms with E-state index < -0.39 is 5.97 Å². The molecule has 2 aromatic carbocycles. The SMILES string of the molecule is O=C(O)C1CCN(CCC(c2ccccc2)c2ccccc2)CC1. The first-order valence-electron chi connectivity index (χ1n) is 8.79. The van der Waals surface area contributed by atoms with Gasteiger partial charge in [-0.2, -0.15) is 0 Å². The van der Waals surface area contributed by atoms with Crippen LogP contribution in [-0.2, 0) is 4.79 Å². The third-order valence-electron chi connectivity index (χ3n) is 5.07. The fourth-order valence-corrected chi connectivity index (χ4v) is 3.61. The van der Waals surface area contributed by atoms with Crippen molar-refractivity contribution >= 4 is 5.97 Å². The van der Waals surface area contributed by atoms with Gasteiger partial charge in [-0.15, -0.1) is 0 Å². The number of rotatable bonds is 6. The molecule has 1 aliphatic rings. The maximum absolute atomic E-state index is 11.1. The maximum atomic E-state index is 11.1. The molecule has 0 saturated carbocycles. The van der Waals surface area contributed by atoms with Crippen molar-refractivity contribution in [2.75, 3.05) is 19.6 Å². The zero-order chi connectivity index (χ0) is 16.8. The Morgan fingerprint density at radius 3 is 1.92 bits per heavy atom. The van der Waals surface area contributed by atoms with Crippen LogP contribution in [-0.4, -0.2) is 35.6 Å². The van der Waals surface area contributed by atoms with Gasteiger partial charge in [0.25, 0.3) is 0 Å². The van der Waals surface area contributed by atoms with Gasteiger partial charge in [-0.25, -0.2) is 0 Å². The molecule has 24 heavy (non-hydrogen) atoms. The lowest BCUT2D eigenvalue weighted by molar-refractivity contribution is -0.143. The lowest BCUT2D eigenvalue weighted by Crippen LogP contribution is -2.37. The highest BCUT2D eigenvalue weighted by molar-refractivity contribution is 5.70. The summed E-state index contributed by atoms with van der Waals surface area (Å²) in [5.41, 5.74) is 2.70. The van der Waals surface area contributed by atoms with E-state index in [1.165, 1.54) is 11.1 Å². The first-order valence-corrected chi connectivity index (χ1v) is 8.79. The number of carboxylic acids is 1. The van der Waals surface area contributed by atoms with E-state index in [1.54, 1.807) is 0 Å².